The highest BCUT2D eigenvalue weighted by Crippen LogP contribution is 2.33. The molecule has 0 aliphatic rings. The van der Waals surface area contributed by atoms with Crippen molar-refractivity contribution in [3.05, 3.63) is 46.3 Å². The molecule has 0 bridgehead atoms. The van der Waals surface area contributed by atoms with Crippen molar-refractivity contribution in [2.45, 2.75) is 26.7 Å². The molecule has 9 nitrogen and oxygen atoms in total. The molecule has 0 aliphatic heterocycles. The number of anilines is 3. The van der Waals surface area contributed by atoms with E-state index in [9.17, 15) is 14.9 Å². The van der Waals surface area contributed by atoms with Gasteiger partial charge >= 0.3 is 11.7 Å². The van der Waals surface area contributed by atoms with Gasteiger partial charge in [0.15, 0.2) is 0 Å². The van der Waals surface area contributed by atoms with E-state index in [2.05, 4.69) is 22.2 Å². The number of carbonyl (C=O) groups is 1. The standard InChI is InChI=1S/C18H23N5O4/c1-4-6-11-22(3)17-15(23(25)26)16(19-12-20-17)21-14-9-7-13(8-10-14)18(24)27-5-2/h7-10,12H,4-6,11H2,1-3H3,(H,19,20,21). The molecule has 0 radical (unpaired) electrons. The molecule has 144 valence electrons. The molecule has 0 spiro atoms. The summed E-state index contributed by atoms with van der Waals surface area (Å²) in [7, 11) is 1.77. The Morgan fingerprint density at radius 1 is 1.26 bits per heavy atom. The summed E-state index contributed by atoms with van der Waals surface area (Å²) in [5, 5.41) is 14.6. The van der Waals surface area contributed by atoms with E-state index in [0.29, 0.717) is 24.4 Å². The summed E-state index contributed by atoms with van der Waals surface area (Å²) < 4.78 is 4.94. The maximum atomic E-state index is 11.7. The van der Waals surface area contributed by atoms with Gasteiger partial charge in [-0.1, -0.05) is 13.3 Å². The molecule has 1 N–H and O–H groups in total. The Morgan fingerprint density at radius 3 is 2.56 bits per heavy atom. The number of rotatable bonds is 9. The quantitative estimate of drug-likeness (QED) is 0.404. The molecule has 1 aromatic carbocycles. The minimum absolute atomic E-state index is 0.0947. The summed E-state index contributed by atoms with van der Waals surface area (Å²) in [5.74, 6) is -0.0665. The highest BCUT2D eigenvalue weighted by molar-refractivity contribution is 5.90. The van der Waals surface area contributed by atoms with Crippen molar-refractivity contribution in [3.63, 3.8) is 0 Å². The average Bonchev–Trinajstić information content (AvgIpc) is 2.66. The summed E-state index contributed by atoms with van der Waals surface area (Å²) in [4.78, 5) is 32.7. The van der Waals surface area contributed by atoms with Crippen LogP contribution in [0, 0.1) is 10.1 Å². The average molecular weight is 373 g/mol. The van der Waals surface area contributed by atoms with E-state index in [1.807, 2.05) is 0 Å². The molecule has 0 unspecified atom stereocenters. The smallest absolute Gasteiger partial charge is 0.353 e. The molecule has 9 heteroatoms. The molecular weight excluding hydrogens is 350 g/mol. The van der Waals surface area contributed by atoms with Crippen molar-refractivity contribution in [1.29, 1.82) is 0 Å². The first-order valence-electron chi connectivity index (χ1n) is 8.72. The van der Waals surface area contributed by atoms with Crippen LogP contribution < -0.4 is 10.2 Å². The zero-order valence-electron chi connectivity index (χ0n) is 15.6. The minimum Gasteiger partial charge on any atom is -0.462 e. The third-order valence-electron chi connectivity index (χ3n) is 3.85. The molecule has 0 aliphatic carbocycles. The molecule has 0 fully saturated rings. The van der Waals surface area contributed by atoms with E-state index in [4.69, 9.17) is 4.74 Å². The largest absolute Gasteiger partial charge is 0.462 e. The van der Waals surface area contributed by atoms with E-state index in [1.54, 1.807) is 43.1 Å². The number of esters is 1. The number of aromatic nitrogens is 2. The lowest BCUT2D eigenvalue weighted by atomic mass is 10.2. The normalized spacial score (nSPS) is 10.3. The first-order chi connectivity index (χ1) is 13.0. The third kappa shape index (κ3) is 5.13. The topological polar surface area (TPSA) is 110 Å². The second-order valence-electron chi connectivity index (χ2n) is 5.85. The van der Waals surface area contributed by atoms with Crippen molar-refractivity contribution in [2.75, 3.05) is 30.4 Å². The number of hydrogen-bond donors (Lipinski definition) is 1. The van der Waals surface area contributed by atoms with Crippen LogP contribution in [0.5, 0.6) is 0 Å². The van der Waals surface area contributed by atoms with E-state index in [-0.39, 0.29) is 17.3 Å². The lowest BCUT2D eigenvalue weighted by Crippen LogP contribution is -2.21. The first kappa shape index (κ1) is 20.1. The van der Waals surface area contributed by atoms with Gasteiger partial charge in [0.25, 0.3) is 0 Å². The number of benzene rings is 1. The van der Waals surface area contributed by atoms with E-state index >= 15 is 0 Å². The molecule has 0 saturated carbocycles. The summed E-state index contributed by atoms with van der Waals surface area (Å²) in [6.45, 7) is 4.73. The van der Waals surface area contributed by atoms with E-state index in [1.165, 1.54) is 6.33 Å². The van der Waals surface area contributed by atoms with Gasteiger partial charge in [-0.05, 0) is 37.6 Å². The van der Waals surface area contributed by atoms with Gasteiger partial charge in [0.2, 0.25) is 11.6 Å². The predicted molar refractivity (Wildman–Crippen MR) is 103 cm³/mol. The van der Waals surface area contributed by atoms with Crippen molar-refractivity contribution in [1.82, 2.24) is 9.97 Å². The van der Waals surface area contributed by atoms with Crippen LogP contribution in [0.1, 0.15) is 37.0 Å². The monoisotopic (exact) mass is 373 g/mol. The van der Waals surface area contributed by atoms with Crippen LogP contribution in [0.2, 0.25) is 0 Å². The Balaban J connectivity index is 2.28. The van der Waals surface area contributed by atoms with Gasteiger partial charge in [-0.25, -0.2) is 14.8 Å². The molecule has 27 heavy (non-hydrogen) atoms. The summed E-state index contributed by atoms with van der Waals surface area (Å²) >= 11 is 0. The lowest BCUT2D eigenvalue weighted by molar-refractivity contribution is -0.383. The van der Waals surface area contributed by atoms with Crippen LogP contribution in [0.15, 0.2) is 30.6 Å². The van der Waals surface area contributed by atoms with E-state index < -0.39 is 10.9 Å². The fraction of sp³-hybridized carbons (Fsp3) is 0.389. The molecule has 0 atom stereocenters. The number of hydrogen-bond acceptors (Lipinski definition) is 8. The number of nitrogens with one attached hydrogen (secondary N) is 1. The van der Waals surface area contributed by atoms with Crippen molar-refractivity contribution in [3.8, 4) is 0 Å². The summed E-state index contributed by atoms with van der Waals surface area (Å²) in [6, 6.07) is 6.44. The summed E-state index contributed by atoms with van der Waals surface area (Å²) in [6.07, 6.45) is 3.16. The van der Waals surface area contributed by atoms with E-state index in [0.717, 1.165) is 12.8 Å². The molecule has 1 aromatic heterocycles. The fourth-order valence-electron chi connectivity index (χ4n) is 2.45. The molecule has 2 aromatic rings. The Kier molecular flexibility index (Phi) is 7.04. The van der Waals surface area contributed by atoms with Gasteiger partial charge in [0, 0.05) is 19.3 Å². The summed E-state index contributed by atoms with van der Waals surface area (Å²) in [5.41, 5.74) is 0.775. The Morgan fingerprint density at radius 2 is 1.96 bits per heavy atom. The van der Waals surface area contributed by atoms with Crippen LogP contribution in [0.4, 0.5) is 23.0 Å². The van der Waals surface area contributed by atoms with Gasteiger partial charge in [-0.2, -0.15) is 0 Å². The Labute approximate surface area is 157 Å². The number of nitro groups is 1. The third-order valence-corrected chi connectivity index (χ3v) is 3.85. The second-order valence-corrected chi connectivity index (χ2v) is 5.85. The Bertz CT molecular complexity index is 795. The number of carbonyl (C=O) groups excluding carboxylic acids is 1. The van der Waals surface area contributed by atoms with Crippen molar-refractivity contribution >= 4 is 29.0 Å². The zero-order chi connectivity index (χ0) is 19.8. The lowest BCUT2D eigenvalue weighted by Gasteiger charge is -2.18. The molecular formula is C18H23N5O4. The second kappa shape index (κ2) is 9.46. The van der Waals surface area contributed by atoms with Crippen LogP contribution in [0.25, 0.3) is 0 Å². The maximum absolute atomic E-state index is 11.7. The zero-order valence-corrected chi connectivity index (χ0v) is 15.6. The predicted octanol–water partition coefficient (Wildman–Crippen LogP) is 3.54. The van der Waals surface area contributed by atoms with Crippen LogP contribution in [0.3, 0.4) is 0 Å². The number of ether oxygens (including phenoxy) is 1. The van der Waals surface area contributed by atoms with Crippen LogP contribution >= 0.6 is 0 Å². The van der Waals surface area contributed by atoms with Gasteiger partial charge < -0.3 is 15.0 Å². The van der Waals surface area contributed by atoms with Crippen molar-refractivity contribution in [2.24, 2.45) is 0 Å². The Hall–Kier alpha value is -3.23. The molecule has 0 amide bonds. The van der Waals surface area contributed by atoms with Crippen LogP contribution in [-0.2, 0) is 4.74 Å². The highest BCUT2D eigenvalue weighted by Gasteiger charge is 2.25. The maximum Gasteiger partial charge on any atom is 0.353 e. The first-order valence-corrected chi connectivity index (χ1v) is 8.72. The fourth-order valence-corrected chi connectivity index (χ4v) is 2.45. The van der Waals surface area contributed by atoms with Crippen molar-refractivity contribution < 1.29 is 14.5 Å². The highest BCUT2D eigenvalue weighted by atomic mass is 16.6. The number of nitrogens with zero attached hydrogens (tertiary/aromatic N) is 4. The molecule has 0 saturated heterocycles. The number of unbranched alkanes of at least 4 members (excludes halogenated alkanes) is 1. The molecule has 1 heterocycles. The minimum atomic E-state index is -0.493. The van der Waals surface area contributed by atoms with Gasteiger partial charge in [-0.3, -0.25) is 10.1 Å². The van der Waals surface area contributed by atoms with Gasteiger partial charge in [-0.15, -0.1) is 0 Å². The SMILES string of the molecule is CCCCN(C)c1ncnc(Nc2ccc(C(=O)OCC)cc2)c1[N+](=O)[O-]. The van der Waals surface area contributed by atoms with Gasteiger partial charge in [0.1, 0.15) is 6.33 Å². The van der Waals surface area contributed by atoms with Crippen LogP contribution in [-0.4, -0.2) is 41.1 Å². The van der Waals surface area contributed by atoms with Gasteiger partial charge in [0.05, 0.1) is 17.1 Å². The molecule has 2 rings (SSSR count).